The summed E-state index contributed by atoms with van der Waals surface area (Å²) in [7, 11) is 0. The first-order valence-electron chi connectivity index (χ1n) is 5.49. The number of hydrogen-bond acceptors (Lipinski definition) is 5. The molecule has 0 heterocycles. The maximum atomic E-state index is 11.0. The third-order valence-electron chi connectivity index (χ3n) is 2.43. The van der Waals surface area contributed by atoms with Gasteiger partial charge >= 0.3 is 5.69 Å². The van der Waals surface area contributed by atoms with Crippen LogP contribution in [-0.2, 0) is 0 Å². The maximum absolute atomic E-state index is 11.0. The van der Waals surface area contributed by atoms with Crippen LogP contribution in [-0.4, -0.2) is 16.3 Å². The number of benzene rings is 2. The SMILES string of the molecule is O=[N+]([O-])c1cc(/C=N\O)ccc1Oc1ccc(Cl)cc1. The lowest BCUT2D eigenvalue weighted by Gasteiger charge is -2.06. The summed E-state index contributed by atoms with van der Waals surface area (Å²) in [4.78, 5) is 10.5. The highest BCUT2D eigenvalue weighted by atomic mass is 35.5. The summed E-state index contributed by atoms with van der Waals surface area (Å²) in [6.07, 6.45) is 1.10. The Morgan fingerprint density at radius 2 is 1.95 bits per heavy atom. The van der Waals surface area contributed by atoms with Crippen LogP contribution < -0.4 is 4.74 Å². The predicted molar refractivity (Wildman–Crippen MR) is 74.0 cm³/mol. The Bertz CT molecular complexity index is 656. The zero-order chi connectivity index (χ0) is 14.5. The molecule has 20 heavy (non-hydrogen) atoms. The van der Waals surface area contributed by atoms with Crippen molar-refractivity contribution in [2.75, 3.05) is 0 Å². The van der Waals surface area contributed by atoms with E-state index in [9.17, 15) is 10.1 Å². The van der Waals surface area contributed by atoms with Crippen molar-refractivity contribution in [2.45, 2.75) is 0 Å². The lowest BCUT2D eigenvalue weighted by Crippen LogP contribution is -1.95. The largest absolute Gasteiger partial charge is 0.450 e. The van der Waals surface area contributed by atoms with Gasteiger partial charge in [-0.15, -0.1) is 0 Å². The minimum atomic E-state index is -0.569. The van der Waals surface area contributed by atoms with Gasteiger partial charge in [0.05, 0.1) is 11.1 Å². The Morgan fingerprint density at radius 1 is 1.25 bits per heavy atom. The summed E-state index contributed by atoms with van der Waals surface area (Å²) in [6.45, 7) is 0. The molecule has 6 nitrogen and oxygen atoms in total. The Kier molecular flexibility index (Phi) is 4.17. The molecular weight excluding hydrogens is 284 g/mol. The fourth-order valence-corrected chi connectivity index (χ4v) is 1.67. The Labute approximate surface area is 119 Å². The van der Waals surface area contributed by atoms with E-state index in [0.717, 1.165) is 6.21 Å². The Morgan fingerprint density at radius 3 is 2.55 bits per heavy atom. The minimum absolute atomic E-state index is 0.0902. The second-order valence-electron chi connectivity index (χ2n) is 3.78. The first kappa shape index (κ1) is 13.8. The zero-order valence-corrected chi connectivity index (χ0v) is 10.8. The van der Waals surface area contributed by atoms with Gasteiger partial charge in [0.15, 0.2) is 0 Å². The summed E-state index contributed by atoms with van der Waals surface area (Å²) in [5, 5.41) is 22.8. The summed E-state index contributed by atoms with van der Waals surface area (Å²) >= 11 is 5.75. The van der Waals surface area contributed by atoms with E-state index in [2.05, 4.69) is 5.16 Å². The van der Waals surface area contributed by atoms with Crippen molar-refractivity contribution >= 4 is 23.5 Å². The van der Waals surface area contributed by atoms with Gasteiger partial charge in [-0.05, 0) is 36.4 Å². The molecule has 102 valence electrons. The fraction of sp³-hybridized carbons (Fsp3) is 0. The van der Waals surface area contributed by atoms with E-state index >= 15 is 0 Å². The summed E-state index contributed by atoms with van der Waals surface area (Å²) < 4.78 is 5.45. The van der Waals surface area contributed by atoms with Crippen LogP contribution >= 0.6 is 11.6 Å². The monoisotopic (exact) mass is 292 g/mol. The van der Waals surface area contributed by atoms with Gasteiger partial charge in [0.25, 0.3) is 0 Å². The lowest BCUT2D eigenvalue weighted by molar-refractivity contribution is -0.385. The first-order chi connectivity index (χ1) is 9.60. The van der Waals surface area contributed by atoms with Crippen LogP contribution in [0.5, 0.6) is 11.5 Å². The predicted octanol–water partition coefficient (Wildman–Crippen LogP) is 3.85. The average molecular weight is 293 g/mol. The molecule has 0 unspecified atom stereocenters. The number of nitro benzene ring substituents is 1. The van der Waals surface area contributed by atoms with Gasteiger partial charge in [-0.2, -0.15) is 0 Å². The topological polar surface area (TPSA) is 85.0 Å². The number of ether oxygens (including phenoxy) is 1. The van der Waals surface area contributed by atoms with Crippen LogP contribution in [0, 0.1) is 10.1 Å². The van der Waals surface area contributed by atoms with E-state index in [4.69, 9.17) is 21.5 Å². The molecule has 0 fully saturated rings. The van der Waals surface area contributed by atoms with Crippen LogP contribution in [0.15, 0.2) is 47.6 Å². The van der Waals surface area contributed by atoms with Crippen molar-refractivity contribution in [3.63, 3.8) is 0 Å². The van der Waals surface area contributed by atoms with Crippen molar-refractivity contribution in [1.29, 1.82) is 0 Å². The van der Waals surface area contributed by atoms with Gasteiger partial charge in [0, 0.05) is 16.7 Å². The van der Waals surface area contributed by atoms with Gasteiger partial charge in [-0.3, -0.25) is 10.1 Å². The molecule has 0 saturated heterocycles. The second kappa shape index (κ2) is 6.03. The molecule has 0 aliphatic carbocycles. The van der Waals surface area contributed by atoms with Gasteiger partial charge < -0.3 is 9.94 Å². The molecule has 2 aromatic rings. The third-order valence-corrected chi connectivity index (χ3v) is 2.68. The molecule has 0 aliphatic heterocycles. The van der Waals surface area contributed by atoms with Crippen LogP contribution in [0.25, 0.3) is 0 Å². The highest BCUT2D eigenvalue weighted by molar-refractivity contribution is 6.30. The van der Waals surface area contributed by atoms with Gasteiger partial charge in [0.2, 0.25) is 5.75 Å². The highest BCUT2D eigenvalue weighted by Gasteiger charge is 2.16. The molecule has 2 aromatic carbocycles. The van der Waals surface area contributed by atoms with Gasteiger partial charge in [-0.25, -0.2) is 0 Å². The molecule has 7 heteroatoms. The molecule has 0 aliphatic rings. The molecule has 0 atom stereocenters. The molecule has 0 radical (unpaired) electrons. The van der Waals surface area contributed by atoms with Gasteiger partial charge in [0.1, 0.15) is 5.75 Å². The molecule has 0 aromatic heterocycles. The molecular formula is C13H9ClN2O4. The molecule has 0 bridgehead atoms. The van der Waals surface area contributed by atoms with Crippen LogP contribution in [0.2, 0.25) is 5.02 Å². The van der Waals surface area contributed by atoms with Crippen molar-refractivity contribution in [2.24, 2.45) is 5.16 Å². The van der Waals surface area contributed by atoms with E-state index in [-0.39, 0.29) is 11.4 Å². The molecule has 0 saturated carbocycles. The van der Waals surface area contributed by atoms with Crippen molar-refractivity contribution in [1.82, 2.24) is 0 Å². The number of nitro groups is 1. The number of hydrogen-bond donors (Lipinski definition) is 1. The van der Waals surface area contributed by atoms with Crippen LogP contribution in [0.4, 0.5) is 5.69 Å². The highest BCUT2D eigenvalue weighted by Crippen LogP contribution is 2.32. The molecule has 0 spiro atoms. The van der Waals surface area contributed by atoms with Crippen LogP contribution in [0.3, 0.4) is 0 Å². The summed E-state index contributed by atoms with van der Waals surface area (Å²) in [6, 6.07) is 10.7. The average Bonchev–Trinajstić information content (AvgIpc) is 2.43. The van der Waals surface area contributed by atoms with Crippen molar-refractivity contribution in [3.8, 4) is 11.5 Å². The van der Waals surface area contributed by atoms with Crippen molar-refractivity contribution in [3.05, 3.63) is 63.2 Å². The number of nitrogens with zero attached hydrogens (tertiary/aromatic N) is 2. The van der Waals surface area contributed by atoms with E-state index in [0.29, 0.717) is 16.3 Å². The van der Waals surface area contributed by atoms with Gasteiger partial charge in [-0.1, -0.05) is 16.8 Å². The molecule has 0 amide bonds. The zero-order valence-electron chi connectivity index (χ0n) is 10.1. The number of oxime groups is 1. The molecule has 1 N–H and O–H groups in total. The smallest absolute Gasteiger partial charge is 0.312 e. The van der Waals surface area contributed by atoms with E-state index in [1.807, 2.05) is 0 Å². The Balaban J connectivity index is 2.35. The van der Waals surface area contributed by atoms with E-state index in [1.165, 1.54) is 18.2 Å². The standard InChI is InChI=1S/C13H9ClN2O4/c14-10-2-4-11(5-3-10)20-13-6-1-9(8-15-17)7-12(13)16(18)19/h1-8,17H/b15-8-. The molecule has 2 rings (SSSR count). The Hall–Kier alpha value is -2.60. The first-order valence-corrected chi connectivity index (χ1v) is 5.87. The lowest BCUT2D eigenvalue weighted by atomic mass is 10.2. The summed E-state index contributed by atoms with van der Waals surface area (Å²) in [5.41, 5.74) is 0.167. The van der Waals surface area contributed by atoms with E-state index < -0.39 is 4.92 Å². The number of halogens is 1. The minimum Gasteiger partial charge on any atom is -0.450 e. The van der Waals surface area contributed by atoms with Crippen LogP contribution in [0.1, 0.15) is 5.56 Å². The fourth-order valence-electron chi connectivity index (χ4n) is 1.54. The normalized spacial score (nSPS) is 10.7. The van der Waals surface area contributed by atoms with E-state index in [1.54, 1.807) is 24.3 Å². The second-order valence-corrected chi connectivity index (χ2v) is 4.22. The third kappa shape index (κ3) is 3.24. The summed E-state index contributed by atoms with van der Waals surface area (Å²) in [5.74, 6) is 0.522. The maximum Gasteiger partial charge on any atom is 0.312 e. The number of rotatable bonds is 4. The quantitative estimate of drug-likeness (QED) is 0.401. The van der Waals surface area contributed by atoms with Crippen molar-refractivity contribution < 1.29 is 14.9 Å².